The van der Waals surface area contributed by atoms with Crippen LogP contribution in [-0.2, 0) is 10.0 Å². The Kier molecular flexibility index (Phi) is 5.01. The van der Waals surface area contributed by atoms with Gasteiger partial charge in [0.05, 0.1) is 4.90 Å². The van der Waals surface area contributed by atoms with Crippen LogP contribution in [0.1, 0.15) is 16.1 Å². The van der Waals surface area contributed by atoms with Crippen LogP contribution >= 0.6 is 11.6 Å². The van der Waals surface area contributed by atoms with Gasteiger partial charge in [-0.25, -0.2) is 8.42 Å². The van der Waals surface area contributed by atoms with Gasteiger partial charge < -0.3 is 9.73 Å². The predicted molar refractivity (Wildman–Crippen MR) is 100 cm³/mol. The molecule has 0 aliphatic rings. The molecule has 0 atom stereocenters. The van der Waals surface area contributed by atoms with Gasteiger partial charge in [0.1, 0.15) is 0 Å². The van der Waals surface area contributed by atoms with Crippen LogP contribution in [0.4, 0.5) is 11.4 Å². The predicted octanol–water partition coefficient (Wildman–Crippen LogP) is 4.29. The fourth-order valence-electron chi connectivity index (χ4n) is 2.18. The second-order valence-corrected chi connectivity index (χ2v) is 7.61. The summed E-state index contributed by atoms with van der Waals surface area (Å²) in [5, 5.41) is 2.75. The second kappa shape index (κ2) is 7.23. The number of hydrogen-bond donors (Lipinski definition) is 2. The van der Waals surface area contributed by atoms with E-state index in [1.165, 1.54) is 12.1 Å². The van der Waals surface area contributed by atoms with E-state index in [9.17, 15) is 13.2 Å². The SMILES string of the molecule is Cc1ccc(S(=O)(=O)Nc2ccc(NC(=O)c3ccc(Cl)o3)cc2)cc1. The van der Waals surface area contributed by atoms with E-state index < -0.39 is 15.9 Å². The molecule has 0 saturated heterocycles. The standard InChI is InChI=1S/C18H15ClN2O4S/c1-12-2-8-15(9-3-12)26(23,24)21-14-6-4-13(5-7-14)20-18(22)16-10-11-17(19)25-16/h2-11,21H,1H3,(H,20,22). The summed E-state index contributed by atoms with van der Waals surface area (Å²) in [6.07, 6.45) is 0. The molecule has 134 valence electrons. The Morgan fingerprint density at radius 3 is 2.12 bits per heavy atom. The van der Waals surface area contributed by atoms with E-state index in [4.69, 9.17) is 16.0 Å². The molecule has 0 spiro atoms. The number of nitrogens with one attached hydrogen (secondary N) is 2. The maximum Gasteiger partial charge on any atom is 0.291 e. The fraction of sp³-hybridized carbons (Fsp3) is 0.0556. The van der Waals surface area contributed by atoms with E-state index in [1.807, 2.05) is 6.92 Å². The zero-order chi connectivity index (χ0) is 18.7. The first kappa shape index (κ1) is 18.0. The lowest BCUT2D eigenvalue weighted by Crippen LogP contribution is -2.13. The first-order valence-corrected chi connectivity index (χ1v) is 9.46. The van der Waals surface area contributed by atoms with Gasteiger partial charge in [-0.15, -0.1) is 0 Å². The number of aryl methyl sites for hydroxylation is 1. The van der Waals surface area contributed by atoms with E-state index >= 15 is 0 Å². The highest BCUT2D eigenvalue weighted by Gasteiger charge is 2.14. The smallest absolute Gasteiger partial charge is 0.291 e. The van der Waals surface area contributed by atoms with Crippen LogP contribution in [0.15, 0.2) is 70.0 Å². The maximum atomic E-state index is 12.4. The topological polar surface area (TPSA) is 88.4 Å². The van der Waals surface area contributed by atoms with Crippen molar-refractivity contribution >= 4 is 38.9 Å². The molecular formula is C18H15ClN2O4S. The number of hydrogen-bond acceptors (Lipinski definition) is 4. The molecule has 26 heavy (non-hydrogen) atoms. The normalized spacial score (nSPS) is 11.2. The minimum absolute atomic E-state index is 0.0825. The maximum absolute atomic E-state index is 12.4. The average molecular weight is 391 g/mol. The van der Waals surface area contributed by atoms with Crippen molar-refractivity contribution < 1.29 is 17.6 Å². The van der Waals surface area contributed by atoms with Gasteiger partial charge in [-0.05, 0) is 67.1 Å². The first-order chi connectivity index (χ1) is 12.3. The number of rotatable bonds is 5. The molecule has 0 aliphatic carbocycles. The lowest BCUT2D eigenvalue weighted by atomic mass is 10.2. The second-order valence-electron chi connectivity index (χ2n) is 5.55. The highest BCUT2D eigenvalue weighted by atomic mass is 35.5. The molecule has 0 radical (unpaired) electrons. The van der Waals surface area contributed by atoms with Gasteiger partial charge >= 0.3 is 0 Å². The van der Waals surface area contributed by atoms with Crippen LogP contribution in [0.5, 0.6) is 0 Å². The number of halogens is 1. The van der Waals surface area contributed by atoms with E-state index in [0.717, 1.165) is 5.56 Å². The van der Waals surface area contributed by atoms with E-state index in [-0.39, 0.29) is 15.9 Å². The van der Waals surface area contributed by atoms with Gasteiger partial charge in [0.25, 0.3) is 15.9 Å². The first-order valence-electron chi connectivity index (χ1n) is 7.60. The minimum atomic E-state index is -3.67. The fourth-order valence-corrected chi connectivity index (χ4v) is 3.39. The molecule has 0 fully saturated rings. The van der Waals surface area contributed by atoms with Crippen molar-refractivity contribution in [3.05, 3.63) is 77.2 Å². The minimum Gasteiger partial charge on any atom is -0.440 e. The van der Waals surface area contributed by atoms with Crippen molar-refractivity contribution in [1.29, 1.82) is 0 Å². The third kappa shape index (κ3) is 4.25. The number of benzene rings is 2. The summed E-state index contributed by atoms with van der Waals surface area (Å²) < 4.78 is 32.2. The van der Waals surface area contributed by atoms with Gasteiger partial charge in [-0.2, -0.15) is 0 Å². The number of carbonyl (C=O) groups excluding carboxylic acids is 1. The summed E-state index contributed by atoms with van der Waals surface area (Å²) in [5.41, 5.74) is 1.84. The van der Waals surface area contributed by atoms with Crippen molar-refractivity contribution in [3.8, 4) is 0 Å². The summed E-state index contributed by atoms with van der Waals surface area (Å²) >= 11 is 5.64. The molecule has 2 N–H and O–H groups in total. The molecule has 3 rings (SSSR count). The third-order valence-electron chi connectivity index (χ3n) is 3.52. The van der Waals surface area contributed by atoms with Crippen LogP contribution in [0.2, 0.25) is 5.22 Å². The van der Waals surface area contributed by atoms with Crippen LogP contribution in [0.3, 0.4) is 0 Å². The van der Waals surface area contributed by atoms with Crippen molar-refractivity contribution in [2.45, 2.75) is 11.8 Å². The molecule has 1 heterocycles. The van der Waals surface area contributed by atoms with Gasteiger partial charge in [0.2, 0.25) is 0 Å². The Bertz CT molecular complexity index is 1030. The van der Waals surface area contributed by atoms with Crippen LogP contribution in [0.25, 0.3) is 0 Å². The highest BCUT2D eigenvalue weighted by Crippen LogP contribution is 2.20. The molecule has 3 aromatic rings. The summed E-state index contributed by atoms with van der Waals surface area (Å²) in [7, 11) is -3.67. The molecule has 1 amide bonds. The summed E-state index contributed by atoms with van der Waals surface area (Å²) in [6.45, 7) is 1.88. The molecule has 2 aromatic carbocycles. The number of furan rings is 1. The Balaban J connectivity index is 1.69. The molecule has 6 nitrogen and oxygen atoms in total. The van der Waals surface area contributed by atoms with E-state index in [1.54, 1.807) is 48.5 Å². The number of sulfonamides is 1. The Labute approximate surface area is 155 Å². The molecular weight excluding hydrogens is 376 g/mol. The molecule has 0 saturated carbocycles. The van der Waals surface area contributed by atoms with Crippen molar-refractivity contribution in [2.24, 2.45) is 0 Å². The largest absolute Gasteiger partial charge is 0.440 e. The zero-order valence-corrected chi connectivity index (χ0v) is 15.3. The Hall–Kier alpha value is -2.77. The van der Waals surface area contributed by atoms with Crippen LogP contribution in [-0.4, -0.2) is 14.3 Å². The molecule has 0 aliphatic heterocycles. The van der Waals surface area contributed by atoms with Gasteiger partial charge in [0, 0.05) is 11.4 Å². The number of anilines is 2. The Morgan fingerprint density at radius 2 is 1.54 bits per heavy atom. The van der Waals surface area contributed by atoms with E-state index in [2.05, 4.69) is 10.0 Å². The number of carbonyl (C=O) groups is 1. The van der Waals surface area contributed by atoms with E-state index in [0.29, 0.717) is 11.4 Å². The molecule has 0 bridgehead atoms. The lowest BCUT2D eigenvalue weighted by molar-refractivity contribution is 0.0996. The Morgan fingerprint density at radius 1 is 0.923 bits per heavy atom. The summed E-state index contributed by atoms with van der Waals surface area (Å²) in [6, 6.07) is 15.7. The summed E-state index contributed by atoms with van der Waals surface area (Å²) in [5.74, 6) is -0.371. The van der Waals surface area contributed by atoms with Crippen LogP contribution < -0.4 is 10.0 Å². The average Bonchev–Trinajstić information content (AvgIpc) is 3.03. The highest BCUT2D eigenvalue weighted by molar-refractivity contribution is 7.92. The monoisotopic (exact) mass is 390 g/mol. The van der Waals surface area contributed by atoms with Crippen molar-refractivity contribution in [1.82, 2.24) is 0 Å². The quantitative estimate of drug-likeness (QED) is 0.680. The van der Waals surface area contributed by atoms with Crippen molar-refractivity contribution in [3.63, 3.8) is 0 Å². The lowest BCUT2D eigenvalue weighted by Gasteiger charge is -2.09. The number of amides is 1. The molecule has 0 unspecified atom stereocenters. The zero-order valence-electron chi connectivity index (χ0n) is 13.7. The third-order valence-corrected chi connectivity index (χ3v) is 5.12. The van der Waals surface area contributed by atoms with Gasteiger partial charge in [0.15, 0.2) is 11.0 Å². The van der Waals surface area contributed by atoms with Gasteiger partial charge in [-0.1, -0.05) is 17.7 Å². The van der Waals surface area contributed by atoms with Gasteiger partial charge in [-0.3, -0.25) is 9.52 Å². The van der Waals surface area contributed by atoms with Crippen molar-refractivity contribution in [2.75, 3.05) is 10.0 Å². The molecule has 8 heteroatoms. The van der Waals surface area contributed by atoms with Crippen LogP contribution in [0, 0.1) is 6.92 Å². The summed E-state index contributed by atoms with van der Waals surface area (Å²) in [4.78, 5) is 12.2. The molecule has 1 aromatic heterocycles.